The van der Waals surface area contributed by atoms with Gasteiger partial charge in [0.15, 0.2) is 0 Å². The molecule has 1 N–H and O–H groups in total. The normalized spacial score (nSPS) is 11.3. The van der Waals surface area contributed by atoms with Crippen LogP contribution in [0, 0.1) is 25.2 Å². The van der Waals surface area contributed by atoms with Crippen molar-refractivity contribution in [2.75, 3.05) is 11.1 Å². The number of hydrogen-bond donors (Lipinski definition) is 1. The van der Waals surface area contributed by atoms with Crippen LogP contribution in [-0.2, 0) is 4.79 Å². The molecule has 0 atom stereocenters. The summed E-state index contributed by atoms with van der Waals surface area (Å²) in [5, 5.41) is 13.2. The fourth-order valence-electron chi connectivity index (χ4n) is 2.83. The molecule has 0 saturated heterocycles. The maximum absolute atomic E-state index is 12.5. The quantitative estimate of drug-likeness (QED) is 0.365. The Kier molecular flexibility index (Phi) is 6.29. The summed E-state index contributed by atoms with van der Waals surface area (Å²) in [6.07, 6.45) is 1.61. The number of nitrogens with zero attached hydrogens (tertiary/aromatic N) is 4. The summed E-state index contributed by atoms with van der Waals surface area (Å²) in [7, 11) is 0. The average Bonchev–Trinajstić information content (AvgIpc) is 3.24. The molecular formula is C20H19N5OS2. The van der Waals surface area contributed by atoms with Gasteiger partial charge < -0.3 is 4.57 Å². The molecule has 3 rings (SSSR count). The Morgan fingerprint density at radius 2 is 2.11 bits per heavy atom. The van der Waals surface area contributed by atoms with Gasteiger partial charge in [-0.05, 0) is 49.4 Å². The van der Waals surface area contributed by atoms with Crippen molar-refractivity contribution >= 4 is 40.4 Å². The van der Waals surface area contributed by atoms with E-state index < -0.39 is 5.91 Å². The number of thioether (sulfide) groups is 1. The van der Waals surface area contributed by atoms with E-state index >= 15 is 0 Å². The minimum atomic E-state index is -0.490. The Balaban J connectivity index is 1.86. The van der Waals surface area contributed by atoms with Gasteiger partial charge in [-0.1, -0.05) is 36.9 Å². The SMILES string of the molecule is CCSc1nsc(NC(=O)/C(C#N)=C\c2cc(C)n(-c3ccccc3)c2C)n1. The first-order chi connectivity index (χ1) is 13.5. The standard InChI is InChI=1S/C20H19N5OS2/c1-4-27-20-23-19(28-24-20)22-18(26)16(12-21)11-15-10-13(2)25(14(15)3)17-8-6-5-7-9-17/h5-11H,4H2,1-3H3,(H,22,23,24,26)/b16-11-. The molecule has 0 aliphatic rings. The predicted octanol–water partition coefficient (Wildman–Crippen LogP) is 4.60. The van der Waals surface area contributed by atoms with Crippen LogP contribution in [0.5, 0.6) is 0 Å². The van der Waals surface area contributed by atoms with Gasteiger partial charge in [0.2, 0.25) is 10.3 Å². The molecule has 142 valence electrons. The van der Waals surface area contributed by atoms with Crippen LogP contribution < -0.4 is 5.32 Å². The molecule has 1 aromatic carbocycles. The topological polar surface area (TPSA) is 83.6 Å². The number of rotatable bonds is 6. The van der Waals surface area contributed by atoms with E-state index in [2.05, 4.69) is 19.2 Å². The van der Waals surface area contributed by atoms with Gasteiger partial charge in [-0.15, -0.1) is 0 Å². The lowest BCUT2D eigenvalue weighted by Crippen LogP contribution is -2.13. The zero-order valence-corrected chi connectivity index (χ0v) is 17.4. The summed E-state index contributed by atoms with van der Waals surface area (Å²) >= 11 is 2.60. The fourth-order valence-corrected chi connectivity index (χ4v) is 4.09. The van der Waals surface area contributed by atoms with Gasteiger partial charge in [-0.25, -0.2) is 0 Å². The van der Waals surface area contributed by atoms with E-state index in [9.17, 15) is 10.1 Å². The van der Waals surface area contributed by atoms with Crippen LogP contribution >= 0.6 is 23.3 Å². The van der Waals surface area contributed by atoms with Gasteiger partial charge in [0.05, 0.1) is 0 Å². The largest absolute Gasteiger partial charge is 0.318 e. The van der Waals surface area contributed by atoms with Crippen molar-refractivity contribution < 1.29 is 4.79 Å². The number of carbonyl (C=O) groups excluding carboxylic acids is 1. The number of amides is 1. The lowest BCUT2D eigenvalue weighted by Gasteiger charge is -2.09. The molecule has 0 fully saturated rings. The highest BCUT2D eigenvalue weighted by atomic mass is 32.2. The van der Waals surface area contributed by atoms with E-state index in [0.29, 0.717) is 10.3 Å². The summed E-state index contributed by atoms with van der Waals surface area (Å²) < 4.78 is 6.26. The van der Waals surface area contributed by atoms with E-state index in [4.69, 9.17) is 0 Å². The van der Waals surface area contributed by atoms with E-state index in [-0.39, 0.29) is 5.57 Å². The third-order valence-electron chi connectivity index (χ3n) is 4.05. The molecule has 6 nitrogen and oxygen atoms in total. The van der Waals surface area contributed by atoms with Crippen LogP contribution in [0.4, 0.5) is 5.13 Å². The monoisotopic (exact) mass is 409 g/mol. The number of aryl methyl sites for hydroxylation is 1. The van der Waals surface area contributed by atoms with Gasteiger partial charge in [-0.3, -0.25) is 10.1 Å². The van der Waals surface area contributed by atoms with Gasteiger partial charge >= 0.3 is 0 Å². The van der Waals surface area contributed by atoms with Gasteiger partial charge in [0.25, 0.3) is 5.91 Å². The molecule has 0 aliphatic heterocycles. The number of nitrogens with one attached hydrogen (secondary N) is 1. The Labute approximate surface area is 172 Å². The second kappa shape index (κ2) is 8.87. The molecule has 0 aliphatic carbocycles. The molecule has 2 aromatic heterocycles. The summed E-state index contributed by atoms with van der Waals surface area (Å²) in [6.45, 7) is 5.97. The van der Waals surface area contributed by atoms with E-state index in [0.717, 1.165) is 39.9 Å². The summed E-state index contributed by atoms with van der Waals surface area (Å²) in [5.74, 6) is 0.362. The number of aromatic nitrogens is 3. The van der Waals surface area contributed by atoms with E-state index in [1.54, 1.807) is 6.08 Å². The smallest absolute Gasteiger partial charge is 0.268 e. The van der Waals surface area contributed by atoms with Gasteiger partial charge in [0, 0.05) is 28.6 Å². The minimum Gasteiger partial charge on any atom is -0.318 e. The molecule has 0 saturated carbocycles. The van der Waals surface area contributed by atoms with Crippen molar-refractivity contribution in [2.45, 2.75) is 25.9 Å². The van der Waals surface area contributed by atoms with Crippen LogP contribution in [0.2, 0.25) is 0 Å². The fraction of sp³-hybridized carbons (Fsp3) is 0.200. The zero-order valence-electron chi connectivity index (χ0n) is 15.8. The summed E-state index contributed by atoms with van der Waals surface area (Å²) in [4.78, 5) is 16.7. The Morgan fingerprint density at radius 3 is 2.79 bits per heavy atom. The summed E-state index contributed by atoms with van der Waals surface area (Å²) in [5.41, 5.74) is 3.87. The third kappa shape index (κ3) is 4.32. The van der Waals surface area contributed by atoms with Crippen LogP contribution in [0.25, 0.3) is 11.8 Å². The number of carbonyl (C=O) groups is 1. The molecule has 0 bridgehead atoms. The number of benzene rings is 1. The first-order valence-electron chi connectivity index (χ1n) is 8.67. The molecule has 8 heteroatoms. The van der Waals surface area contributed by atoms with E-state index in [1.165, 1.54) is 11.8 Å². The highest BCUT2D eigenvalue weighted by Gasteiger charge is 2.15. The molecular weight excluding hydrogens is 390 g/mol. The first-order valence-corrected chi connectivity index (χ1v) is 10.4. The maximum atomic E-state index is 12.5. The van der Waals surface area contributed by atoms with Crippen LogP contribution in [0.3, 0.4) is 0 Å². The number of anilines is 1. The lowest BCUT2D eigenvalue weighted by molar-refractivity contribution is -0.112. The Morgan fingerprint density at radius 1 is 1.36 bits per heavy atom. The molecule has 0 spiro atoms. The molecule has 28 heavy (non-hydrogen) atoms. The molecule has 0 unspecified atom stereocenters. The Bertz CT molecular complexity index is 1060. The van der Waals surface area contributed by atoms with Crippen molar-refractivity contribution in [1.82, 2.24) is 13.9 Å². The van der Waals surface area contributed by atoms with Crippen molar-refractivity contribution in [1.29, 1.82) is 5.26 Å². The first kappa shape index (κ1) is 19.9. The predicted molar refractivity (Wildman–Crippen MR) is 114 cm³/mol. The minimum absolute atomic E-state index is 0.0215. The van der Waals surface area contributed by atoms with Gasteiger partial charge in [0.1, 0.15) is 11.6 Å². The van der Waals surface area contributed by atoms with Crippen LogP contribution in [0.1, 0.15) is 23.9 Å². The third-order valence-corrected chi connectivity index (χ3v) is 5.53. The molecule has 2 heterocycles. The average molecular weight is 410 g/mol. The second-order valence-electron chi connectivity index (χ2n) is 5.94. The lowest BCUT2D eigenvalue weighted by atomic mass is 10.1. The zero-order chi connectivity index (χ0) is 20.1. The van der Waals surface area contributed by atoms with E-state index in [1.807, 2.05) is 63.2 Å². The molecule has 3 aromatic rings. The Hall–Kier alpha value is -2.89. The van der Waals surface area contributed by atoms with Crippen molar-refractivity contribution in [2.24, 2.45) is 0 Å². The van der Waals surface area contributed by atoms with Crippen LogP contribution in [-0.4, -0.2) is 25.6 Å². The highest BCUT2D eigenvalue weighted by molar-refractivity contribution is 7.99. The number of para-hydroxylation sites is 1. The maximum Gasteiger partial charge on any atom is 0.268 e. The second-order valence-corrected chi connectivity index (χ2v) is 7.92. The van der Waals surface area contributed by atoms with Crippen molar-refractivity contribution in [3.8, 4) is 11.8 Å². The number of nitriles is 1. The molecule has 1 amide bonds. The van der Waals surface area contributed by atoms with Crippen LogP contribution in [0.15, 0.2) is 47.1 Å². The van der Waals surface area contributed by atoms with Gasteiger partial charge in [-0.2, -0.15) is 14.6 Å². The van der Waals surface area contributed by atoms with Crippen molar-refractivity contribution in [3.05, 3.63) is 58.9 Å². The highest BCUT2D eigenvalue weighted by Crippen LogP contribution is 2.24. The summed E-state index contributed by atoms with van der Waals surface area (Å²) in [6, 6.07) is 13.9. The number of hydrogen-bond acceptors (Lipinski definition) is 6. The molecule has 0 radical (unpaired) electrons. The van der Waals surface area contributed by atoms with Crippen molar-refractivity contribution in [3.63, 3.8) is 0 Å².